The van der Waals surface area contributed by atoms with Gasteiger partial charge in [-0.2, -0.15) is 5.26 Å². The predicted molar refractivity (Wildman–Crippen MR) is 52.7 cm³/mol. The molecule has 0 spiro atoms. The summed E-state index contributed by atoms with van der Waals surface area (Å²) >= 11 is 0. The highest BCUT2D eigenvalue weighted by Crippen LogP contribution is 2.11. The highest BCUT2D eigenvalue weighted by molar-refractivity contribution is 4.78. The average Bonchev–Trinajstić information content (AvgIpc) is 2.21. The van der Waals surface area contributed by atoms with Crippen LogP contribution < -0.4 is 0 Å². The molecule has 0 bridgehead atoms. The van der Waals surface area contributed by atoms with Crippen LogP contribution >= 0.6 is 0 Å². The first-order valence-corrected chi connectivity index (χ1v) is 5.11. The Hall–Kier alpha value is -0.630. The summed E-state index contributed by atoms with van der Waals surface area (Å²) in [7, 11) is 0. The molecule has 0 aromatic heterocycles. The fraction of sp³-hybridized carbons (Fsp3) is 0.900. The molecule has 0 radical (unpaired) electrons. The van der Waals surface area contributed by atoms with Gasteiger partial charge in [0.15, 0.2) is 0 Å². The number of hydrogen-bond donors (Lipinski definition) is 1. The maximum Gasteiger partial charge on any atom is 0.0933 e. The Bertz CT molecular complexity index is 203. The van der Waals surface area contributed by atoms with Crippen LogP contribution in [0.4, 0.5) is 0 Å². The summed E-state index contributed by atoms with van der Waals surface area (Å²) in [5, 5.41) is 17.4. The summed E-state index contributed by atoms with van der Waals surface area (Å²) in [4.78, 5) is 2.28. The molecule has 1 aliphatic heterocycles. The third kappa shape index (κ3) is 3.26. The topological polar surface area (TPSA) is 56.5 Å². The van der Waals surface area contributed by atoms with E-state index in [1.807, 2.05) is 0 Å². The summed E-state index contributed by atoms with van der Waals surface area (Å²) in [5.74, 6) is 0. The molecule has 4 nitrogen and oxygen atoms in total. The van der Waals surface area contributed by atoms with Crippen molar-refractivity contribution in [1.82, 2.24) is 4.90 Å². The van der Waals surface area contributed by atoms with E-state index >= 15 is 0 Å². The van der Waals surface area contributed by atoms with Gasteiger partial charge in [-0.05, 0) is 19.9 Å². The van der Waals surface area contributed by atoms with Gasteiger partial charge in [0, 0.05) is 19.0 Å². The summed E-state index contributed by atoms with van der Waals surface area (Å²) in [6.45, 7) is 4.58. The lowest BCUT2D eigenvalue weighted by atomic mass is 10.2. The number of hydrogen-bond acceptors (Lipinski definition) is 4. The van der Waals surface area contributed by atoms with Crippen LogP contribution in [0.2, 0.25) is 0 Å². The van der Waals surface area contributed by atoms with E-state index in [1.54, 1.807) is 0 Å². The Morgan fingerprint density at radius 1 is 1.64 bits per heavy atom. The minimum atomic E-state index is -0.0479. The van der Waals surface area contributed by atoms with E-state index in [0.29, 0.717) is 19.1 Å². The van der Waals surface area contributed by atoms with Crippen molar-refractivity contribution >= 4 is 0 Å². The Labute approximate surface area is 85.1 Å². The number of nitrogens with zero attached hydrogens (tertiary/aromatic N) is 2. The van der Waals surface area contributed by atoms with Crippen molar-refractivity contribution < 1.29 is 9.84 Å². The quantitative estimate of drug-likeness (QED) is 0.663. The number of nitriles is 1. The fourth-order valence-corrected chi connectivity index (χ4v) is 1.66. The molecule has 4 heteroatoms. The van der Waals surface area contributed by atoms with Crippen molar-refractivity contribution in [3.63, 3.8) is 0 Å². The van der Waals surface area contributed by atoms with Gasteiger partial charge < -0.3 is 9.84 Å². The standard InChI is InChI=1S/C10H18N2O2/c1-9-8-14-10(7-13)6-12(9)5-3-2-4-11/h9-10,13H,2-3,5-8H2,1H3. The lowest BCUT2D eigenvalue weighted by Crippen LogP contribution is -2.49. The van der Waals surface area contributed by atoms with Crippen LogP contribution in [0.1, 0.15) is 19.8 Å². The Kier molecular flexibility index (Phi) is 4.88. The van der Waals surface area contributed by atoms with Crippen molar-refractivity contribution in [2.24, 2.45) is 0 Å². The minimum absolute atomic E-state index is 0.0479. The normalized spacial score (nSPS) is 28.6. The molecular formula is C10H18N2O2. The third-order valence-electron chi connectivity index (χ3n) is 2.57. The molecule has 0 aliphatic carbocycles. The van der Waals surface area contributed by atoms with Crippen molar-refractivity contribution in [1.29, 1.82) is 5.26 Å². The summed E-state index contributed by atoms with van der Waals surface area (Å²) < 4.78 is 5.42. The van der Waals surface area contributed by atoms with Crippen molar-refractivity contribution in [3.8, 4) is 6.07 Å². The first-order valence-electron chi connectivity index (χ1n) is 5.11. The second-order valence-corrected chi connectivity index (χ2v) is 3.74. The zero-order valence-corrected chi connectivity index (χ0v) is 8.65. The van der Waals surface area contributed by atoms with E-state index in [1.165, 1.54) is 0 Å². The number of unbranched alkanes of at least 4 members (excludes halogenated alkanes) is 1. The molecule has 14 heavy (non-hydrogen) atoms. The third-order valence-corrected chi connectivity index (χ3v) is 2.57. The van der Waals surface area contributed by atoms with Crippen LogP contribution in [0.25, 0.3) is 0 Å². The second-order valence-electron chi connectivity index (χ2n) is 3.74. The zero-order chi connectivity index (χ0) is 10.4. The van der Waals surface area contributed by atoms with E-state index < -0.39 is 0 Å². The largest absolute Gasteiger partial charge is 0.394 e. The predicted octanol–water partition coefficient (Wildman–Crippen LogP) is 0.372. The first kappa shape index (κ1) is 11.4. The lowest BCUT2D eigenvalue weighted by molar-refractivity contribution is -0.0777. The molecular weight excluding hydrogens is 180 g/mol. The highest BCUT2D eigenvalue weighted by atomic mass is 16.5. The number of aliphatic hydroxyl groups excluding tert-OH is 1. The van der Waals surface area contributed by atoms with E-state index in [4.69, 9.17) is 15.1 Å². The molecule has 0 aromatic rings. The SMILES string of the molecule is CC1COC(CO)CN1CCCC#N. The van der Waals surface area contributed by atoms with E-state index in [0.717, 1.165) is 19.5 Å². The monoisotopic (exact) mass is 198 g/mol. The summed E-state index contributed by atoms with van der Waals surface area (Å²) in [6.07, 6.45) is 1.46. The van der Waals surface area contributed by atoms with Gasteiger partial charge in [-0.25, -0.2) is 0 Å². The summed E-state index contributed by atoms with van der Waals surface area (Å²) in [5.41, 5.74) is 0. The van der Waals surface area contributed by atoms with Crippen LogP contribution in [0.3, 0.4) is 0 Å². The molecule has 0 saturated carbocycles. The maximum absolute atomic E-state index is 8.96. The van der Waals surface area contributed by atoms with Gasteiger partial charge >= 0.3 is 0 Å². The van der Waals surface area contributed by atoms with Gasteiger partial charge in [-0.15, -0.1) is 0 Å². The molecule has 2 atom stereocenters. The van der Waals surface area contributed by atoms with Crippen LogP contribution in [0.15, 0.2) is 0 Å². The molecule has 80 valence electrons. The molecule has 1 rings (SSSR count). The second kappa shape index (κ2) is 5.97. The number of morpholine rings is 1. The molecule has 0 amide bonds. The van der Waals surface area contributed by atoms with Crippen molar-refractivity contribution in [3.05, 3.63) is 0 Å². The van der Waals surface area contributed by atoms with Gasteiger partial charge in [0.25, 0.3) is 0 Å². The van der Waals surface area contributed by atoms with Crippen molar-refractivity contribution in [2.75, 3.05) is 26.3 Å². The first-order chi connectivity index (χ1) is 6.77. The number of ether oxygens (including phenoxy) is 1. The molecule has 0 aromatic carbocycles. The Morgan fingerprint density at radius 2 is 2.43 bits per heavy atom. The minimum Gasteiger partial charge on any atom is -0.394 e. The van der Waals surface area contributed by atoms with Gasteiger partial charge in [-0.3, -0.25) is 4.90 Å². The van der Waals surface area contributed by atoms with Crippen LogP contribution in [0, 0.1) is 11.3 Å². The fourth-order valence-electron chi connectivity index (χ4n) is 1.66. The van der Waals surface area contributed by atoms with E-state index in [9.17, 15) is 0 Å². The smallest absolute Gasteiger partial charge is 0.0933 e. The van der Waals surface area contributed by atoms with Crippen LogP contribution in [-0.2, 0) is 4.74 Å². The van der Waals surface area contributed by atoms with Gasteiger partial charge in [0.1, 0.15) is 0 Å². The van der Waals surface area contributed by atoms with Crippen molar-refractivity contribution in [2.45, 2.75) is 31.9 Å². The van der Waals surface area contributed by atoms with E-state index in [2.05, 4.69) is 17.9 Å². The molecule has 2 unspecified atom stereocenters. The van der Waals surface area contributed by atoms with E-state index in [-0.39, 0.29) is 12.7 Å². The number of aliphatic hydroxyl groups is 1. The van der Waals surface area contributed by atoms with Crippen LogP contribution in [-0.4, -0.2) is 48.5 Å². The molecule has 1 fully saturated rings. The lowest BCUT2D eigenvalue weighted by Gasteiger charge is -2.37. The molecule has 1 aliphatic rings. The highest BCUT2D eigenvalue weighted by Gasteiger charge is 2.24. The van der Waals surface area contributed by atoms with Gasteiger partial charge in [-0.1, -0.05) is 0 Å². The molecule has 1 saturated heterocycles. The maximum atomic E-state index is 8.96. The Balaban J connectivity index is 2.29. The zero-order valence-electron chi connectivity index (χ0n) is 8.65. The number of rotatable bonds is 4. The summed E-state index contributed by atoms with van der Waals surface area (Å²) in [6, 6.07) is 2.54. The molecule has 1 heterocycles. The Morgan fingerprint density at radius 3 is 3.07 bits per heavy atom. The van der Waals surface area contributed by atoms with Gasteiger partial charge in [0.05, 0.1) is 25.4 Å². The van der Waals surface area contributed by atoms with Crippen LogP contribution in [0.5, 0.6) is 0 Å². The van der Waals surface area contributed by atoms with Gasteiger partial charge in [0.2, 0.25) is 0 Å². The molecule has 1 N–H and O–H groups in total. The average molecular weight is 198 g/mol.